The first kappa shape index (κ1) is 14.1. The van der Waals surface area contributed by atoms with Gasteiger partial charge < -0.3 is 14.8 Å². The van der Waals surface area contributed by atoms with Crippen molar-refractivity contribution in [2.75, 3.05) is 25.1 Å². The van der Waals surface area contributed by atoms with Gasteiger partial charge in [-0.2, -0.15) is 0 Å². The summed E-state index contributed by atoms with van der Waals surface area (Å²) in [7, 11) is 0. The van der Waals surface area contributed by atoms with Crippen molar-refractivity contribution in [3.63, 3.8) is 0 Å². The average molecular weight is 280 g/mol. The van der Waals surface area contributed by atoms with E-state index in [1.807, 2.05) is 32.0 Å². The van der Waals surface area contributed by atoms with Gasteiger partial charge in [0.1, 0.15) is 0 Å². The summed E-state index contributed by atoms with van der Waals surface area (Å²) >= 11 is 1.76. The second-order valence-electron chi connectivity index (χ2n) is 4.23. The van der Waals surface area contributed by atoms with Gasteiger partial charge in [0, 0.05) is 17.0 Å². The molecule has 0 spiro atoms. The molecule has 2 rings (SSSR count). The standard InChI is InChI=1S/C14H20N2O2S/c1-4-17-12-7-6-11(8-13(12)18-5-2)16-14-15-9-10(3)19-14/h6-8,10H,4-5,9H2,1-3H3,(H,15,16). The van der Waals surface area contributed by atoms with E-state index in [1.54, 1.807) is 11.8 Å². The second-order valence-corrected chi connectivity index (χ2v) is 5.65. The summed E-state index contributed by atoms with van der Waals surface area (Å²) in [5, 5.41) is 4.84. The molecule has 0 saturated carbocycles. The first-order valence-corrected chi connectivity index (χ1v) is 7.48. The van der Waals surface area contributed by atoms with Crippen LogP contribution in [0.5, 0.6) is 11.5 Å². The number of nitrogens with zero attached hydrogens (tertiary/aromatic N) is 1. The van der Waals surface area contributed by atoms with Crippen LogP contribution in [0.1, 0.15) is 20.8 Å². The molecule has 1 atom stereocenters. The highest BCUT2D eigenvalue weighted by molar-refractivity contribution is 8.15. The summed E-state index contributed by atoms with van der Waals surface area (Å²) < 4.78 is 11.1. The van der Waals surface area contributed by atoms with E-state index in [4.69, 9.17) is 9.47 Å². The van der Waals surface area contributed by atoms with Crippen molar-refractivity contribution in [1.82, 2.24) is 0 Å². The molecule has 0 aromatic heterocycles. The number of hydrogen-bond donors (Lipinski definition) is 1. The van der Waals surface area contributed by atoms with E-state index in [0.29, 0.717) is 18.5 Å². The summed E-state index contributed by atoms with van der Waals surface area (Å²) in [4.78, 5) is 4.44. The van der Waals surface area contributed by atoms with Gasteiger partial charge in [-0.05, 0) is 26.0 Å². The van der Waals surface area contributed by atoms with Crippen LogP contribution in [-0.4, -0.2) is 30.2 Å². The fraction of sp³-hybridized carbons (Fsp3) is 0.500. The second kappa shape index (κ2) is 6.70. The third-order valence-corrected chi connectivity index (χ3v) is 3.61. The Bertz CT molecular complexity index is 463. The van der Waals surface area contributed by atoms with Crippen LogP contribution < -0.4 is 14.8 Å². The molecule has 1 aliphatic rings. The van der Waals surface area contributed by atoms with Gasteiger partial charge in [-0.15, -0.1) is 0 Å². The van der Waals surface area contributed by atoms with E-state index in [-0.39, 0.29) is 0 Å². The van der Waals surface area contributed by atoms with Crippen LogP contribution in [0, 0.1) is 0 Å². The molecule has 5 heteroatoms. The third-order valence-electron chi connectivity index (χ3n) is 2.60. The fourth-order valence-electron chi connectivity index (χ4n) is 1.80. The Kier molecular flexibility index (Phi) is 4.96. The molecule has 19 heavy (non-hydrogen) atoms. The molecule has 1 heterocycles. The maximum absolute atomic E-state index is 5.60. The lowest BCUT2D eigenvalue weighted by molar-refractivity contribution is 0.288. The van der Waals surface area contributed by atoms with Gasteiger partial charge in [-0.1, -0.05) is 18.7 Å². The number of aliphatic imine (C=N–C) groups is 1. The third kappa shape index (κ3) is 3.80. The highest BCUT2D eigenvalue weighted by Gasteiger charge is 2.15. The quantitative estimate of drug-likeness (QED) is 0.898. The maximum atomic E-state index is 5.60. The lowest BCUT2D eigenvalue weighted by atomic mass is 10.3. The van der Waals surface area contributed by atoms with Crippen LogP contribution in [-0.2, 0) is 0 Å². The van der Waals surface area contributed by atoms with Gasteiger partial charge in [-0.3, -0.25) is 4.99 Å². The largest absolute Gasteiger partial charge is 0.490 e. The summed E-state index contributed by atoms with van der Waals surface area (Å²) in [6, 6.07) is 5.88. The molecule has 1 N–H and O–H groups in total. The highest BCUT2D eigenvalue weighted by atomic mass is 32.2. The number of thioether (sulfide) groups is 1. The highest BCUT2D eigenvalue weighted by Crippen LogP contribution is 2.31. The van der Waals surface area contributed by atoms with E-state index >= 15 is 0 Å². The van der Waals surface area contributed by atoms with Gasteiger partial charge in [-0.25, -0.2) is 0 Å². The Morgan fingerprint density at radius 2 is 2.00 bits per heavy atom. The molecule has 0 amide bonds. The van der Waals surface area contributed by atoms with Crippen molar-refractivity contribution >= 4 is 22.6 Å². The van der Waals surface area contributed by atoms with E-state index in [2.05, 4.69) is 17.2 Å². The van der Waals surface area contributed by atoms with Crippen LogP contribution >= 0.6 is 11.8 Å². The summed E-state index contributed by atoms with van der Waals surface area (Å²) in [6.07, 6.45) is 0. The predicted octanol–water partition coefficient (Wildman–Crippen LogP) is 3.39. The lowest BCUT2D eigenvalue weighted by Crippen LogP contribution is -2.06. The molecule has 1 aromatic rings. The number of benzene rings is 1. The molecule has 1 aromatic carbocycles. The first-order chi connectivity index (χ1) is 9.22. The summed E-state index contributed by atoms with van der Waals surface area (Å²) in [5.41, 5.74) is 0.979. The monoisotopic (exact) mass is 280 g/mol. The zero-order chi connectivity index (χ0) is 13.7. The molecule has 0 saturated heterocycles. The lowest BCUT2D eigenvalue weighted by Gasteiger charge is -2.13. The number of rotatable bonds is 5. The topological polar surface area (TPSA) is 42.8 Å². The summed E-state index contributed by atoms with van der Waals surface area (Å²) in [6.45, 7) is 8.24. The molecule has 1 aliphatic heterocycles. The van der Waals surface area contributed by atoms with Crippen LogP contribution in [0.4, 0.5) is 5.69 Å². The number of anilines is 1. The first-order valence-electron chi connectivity index (χ1n) is 6.60. The molecule has 104 valence electrons. The van der Waals surface area contributed by atoms with Crippen LogP contribution in [0.15, 0.2) is 23.2 Å². The zero-order valence-corrected chi connectivity index (χ0v) is 12.4. The minimum absolute atomic E-state index is 0.552. The smallest absolute Gasteiger partial charge is 0.163 e. The van der Waals surface area contributed by atoms with E-state index in [9.17, 15) is 0 Å². The van der Waals surface area contributed by atoms with Gasteiger partial charge >= 0.3 is 0 Å². The van der Waals surface area contributed by atoms with Crippen LogP contribution in [0.3, 0.4) is 0 Å². The van der Waals surface area contributed by atoms with E-state index < -0.39 is 0 Å². The van der Waals surface area contributed by atoms with Crippen LogP contribution in [0.2, 0.25) is 0 Å². The molecule has 4 nitrogen and oxygen atoms in total. The Balaban J connectivity index is 2.11. The predicted molar refractivity (Wildman–Crippen MR) is 81.8 cm³/mol. The van der Waals surface area contributed by atoms with Gasteiger partial charge in [0.2, 0.25) is 0 Å². The van der Waals surface area contributed by atoms with Crippen LogP contribution in [0.25, 0.3) is 0 Å². The van der Waals surface area contributed by atoms with Crippen molar-refractivity contribution in [1.29, 1.82) is 0 Å². The zero-order valence-electron chi connectivity index (χ0n) is 11.6. The van der Waals surface area contributed by atoms with Crippen molar-refractivity contribution in [3.8, 4) is 11.5 Å². The van der Waals surface area contributed by atoms with Gasteiger partial charge in [0.05, 0.1) is 19.8 Å². The molecule has 0 aliphatic carbocycles. The summed E-state index contributed by atoms with van der Waals surface area (Å²) in [5.74, 6) is 1.55. The average Bonchev–Trinajstić information content (AvgIpc) is 2.79. The van der Waals surface area contributed by atoms with E-state index in [0.717, 1.165) is 28.9 Å². The van der Waals surface area contributed by atoms with Crippen molar-refractivity contribution in [2.45, 2.75) is 26.0 Å². The SMILES string of the molecule is CCOc1ccc(NC2=NCC(C)S2)cc1OCC. The maximum Gasteiger partial charge on any atom is 0.163 e. The van der Waals surface area contributed by atoms with E-state index in [1.165, 1.54) is 0 Å². The van der Waals surface area contributed by atoms with Crippen molar-refractivity contribution < 1.29 is 9.47 Å². The number of hydrogen-bond acceptors (Lipinski definition) is 5. The normalized spacial score (nSPS) is 18.1. The minimum atomic E-state index is 0.552. The van der Waals surface area contributed by atoms with Crippen molar-refractivity contribution in [3.05, 3.63) is 18.2 Å². The van der Waals surface area contributed by atoms with Crippen molar-refractivity contribution in [2.24, 2.45) is 4.99 Å². The fourth-order valence-corrected chi connectivity index (χ4v) is 2.65. The molecular formula is C14H20N2O2S. The molecular weight excluding hydrogens is 260 g/mol. The Morgan fingerprint density at radius 1 is 1.26 bits per heavy atom. The van der Waals surface area contributed by atoms with Gasteiger partial charge in [0.25, 0.3) is 0 Å². The Hall–Kier alpha value is -1.36. The molecule has 0 fully saturated rings. The molecule has 1 unspecified atom stereocenters. The molecule has 0 radical (unpaired) electrons. The Labute approximate surface area is 118 Å². The minimum Gasteiger partial charge on any atom is -0.490 e. The number of amidine groups is 1. The Morgan fingerprint density at radius 3 is 2.63 bits per heavy atom. The number of nitrogens with one attached hydrogen (secondary N) is 1. The van der Waals surface area contributed by atoms with Gasteiger partial charge in [0.15, 0.2) is 16.7 Å². The number of ether oxygens (including phenoxy) is 2. The molecule has 0 bridgehead atoms.